The van der Waals surface area contributed by atoms with Crippen LogP contribution in [0.15, 0.2) is 78.9 Å². The van der Waals surface area contributed by atoms with Gasteiger partial charge in [-0.3, -0.25) is 4.79 Å². The van der Waals surface area contributed by atoms with Gasteiger partial charge in [0.1, 0.15) is 0 Å². The van der Waals surface area contributed by atoms with Gasteiger partial charge in [-0.2, -0.15) is 0 Å². The molecule has 0 aliphatic rings. The fourth-order valence-electron chi connectivity index (χ4n) is 3.60. The predicted molar refractivity (Wildman–Crippen MR) is 123 cm³/mol. The second-order valence-electron chi connectivity index (χ2n) is 7.24. The first-order valence-corrected chi connectivity index (χ1v) is 10.3. The number of carbonyl (C=O) groups is 2. The Labute approximate surface area is 185 Å². The van der Waals surface area contributed by atoms with Crippen molar-refractivity contribution in [2.45, 2.75) is 20.0 Å². The van der Waals surface area contributed by atoms with Crippen molar-refractivity contribution in [3.8, 4) is 11.3 Å². The Hall–Kier alpha value is -3.50. The molecule has 0 amide bonds. The predicted octanol–water partition coefficient (Wildman–Crippen LogP) is 6.29. The molecule has 154 valence electrons. The van der Waals surface area contributed by atoms with E-state index >= 15 is 0 Å². The van der Waals surface area contributed by atoms with Crippen LogP contribution in [0, 0.1) is 6.92 Å². The van der Waals surface area contributed by atoms with E-state index < -0.39 is 12.1 Å². The van der Waals surface area contributed by atoms with Crippen molar-refractivity contribution in [3.05, 3.63) is 101 Å². The van der Waals surface area contributed by atoms with E-state index in [-0.39, 0.29) is 5.78 Å². The highest BCUT2D eigenvalue weighted by Crippen LogP contribution is 2.33. The van der Waals surface area contributed by atoms with E-state index in [9.17, 15) is 9.59 Å². The molecular formula is C26H20ClNO3. The van der Waals surface area contributed by atoms with Crippen LogP contribution in [0.25, 0.3) is 22.2 Å². The molecule has 0 aliphatic carbocycles. The molecule has 1 atom stereocenters. The topological polar surface area (TPSA) is 56.3 Å². The van der Waals surface area contributed by atoms with Crippen LogP contribution >= 0.6 is 11.6 Å². The summed E-state index contributed by atoms with van der Waals surface area (Å²) in [6, 6.07) is 23.7. The number of hydrogen-bond acceptors (Lipinski definition) is 4. The number of aromatic nitrogens is 1. The van der Waals surface area contributed by atoms with Crippen LogP contribution < -0.4 is 0 Å². The van der Waals surface area contributed by atoms with Crippen LogP contribution in [0.1, 0.15) is 33.2 Å². The third-order valence-corrected chi connectivity index (χ3v) is 5.48. The summed E-state index contributed by atoms with van der Waals surface area (Å²) in [5, 5.41) is 1.03. The molecule has 0 saturated carbocycles. The lowest BCUT2D eigenvalue weighted by Crippen LogP contribution is -2.25. The second kappa shape index (κ2) is 8.70. The Kier molecular flexibility index (Phi) is 5.83. The van der Waals surface area contributed by atoms with E-state index in [0.29, 0.717) is 38.3 Å². The Bertz CT molecular complexity index is 1270. The molecule has 0 saturated heterocycles. The highest BCUT2D eigenvalue weighted by Gasteiger charge is 2.25. The Morgan fingerprint density at radius 1 is 0.903 bits per heavy atom. The standard InChI is InChI=1S/C26H20ClNO3/c1-16-22(26(30)31-17(2)25(29)19-12-7-4-8-13-19)20-14-9-15-21(27)24(20)28-23(16)18-10-5-3-6-11-18/h3-15,17H,1-2H3/t17-/m1/s1. The summed E-state index contributed by atoms with van der Waals surface area (Å²) in [5.41, 5.74) is 3.55. The lowest BCUT2D eigenvalue weighted by Gasteiger charge is -2.17. The fraction of sp³-hybridized carbons (Fsp3) is 0.115. The Morgan fingerprint density at radius 3 is 2.23 bits per heavy atom. The number of hydrogen-bond donors (Lipinski definition) is 0. The molecule has 4 rings (SSSR count). The van der Waals surface area contributed by atoms with Crippen molar-refractivity contribution >= 4 is 34.3 Å². The van der Waals surface area contributed by atoms with Crippen molar-refractivity contribution in [1.29, 1.82) is 0 Å². The quantitative estimate of drug-likeness (QED) is 0.276. The average molecular weight is 430 g/mol. The van der Waals surface area contributed by atoms with E-state index in [1.807, 2.05) is 43.3 Å². The van der Waals surface area contributed by atoms with Gasteiger partial charge in [0.15, 0.2) is 6.10 Å². The lowest BCUT2D eigenvalue weighted by atomic mass is 9.97. The van der Waals surface area contributed by atoms with Gasteiger partial charge < -0.3 is 4.74 Å². The number of fused-ring (bicyclic) bond motifs is 1. The summed E-state index contributed by atoms with van der Waals surface area (Å²) in [6.45, 7) is 3.41. The monoisotopic (exact) mass is 429 g/mol. The number of para-hydroxylation sites is 1. The molecule has 0 spiro atoms. The maximum absolute atomic E-state index is 13.3. The third-order valence-electron chi connectivity index (χ3n) is 5.17. The number of esters is 1. The van der Waals surface area contributed by atoms with Crippen LogP contribution in [-0.4, -0.2) is 22.8 Å². The van der Waals surface area contributed by atoms with E-state index in [1.165, 1.54) is 0 Å². The fourth-order valence-corrected chi connectivity index (χ4v) is 3.81. The normalized spacial score (nSPS) is 11.8. The number of Topliss-reactive ketones (excluding diaryl/α,β-unsaturated/α-hetero) is 1. The number of ketones is 1. The number of ether oxygens (including phenoxy) is 1. The highest BCUT2D eigenvalue weighted by molar-refractivity contribution is 6.35. The molecule has 0 aliphatic heterocycles. The molecule has 0 unspecified atom stereocenters. The van der Waals surface area contributed by atoms with Gasteiger partial charge in [-0.1, -0.05) is 84.4 Å². The molecule has 31 heavy (non-hydrogen) atoms. The number of benzene rings is 3. The summed E-state index contributed by atoms with van der Waals surface area (Å²) < 4.78 is 5.61. The summed E-state index contributed by atoms with van der Waals surface area (Å²) in [7, 11) is 0. The number of carbonyl (C=O) groups excluding carboxylic acids is 2. The van der Waals surface area contributed by atoms with Gasteiger partial charge in [-0.25, -0.2) is 9.78 Å². The van der Waals surface area contributed by atoms with Crippen molar-refractivity contribution in [1.82, 2.24) is 4.98 Å². The summed E-state index contributed by atoms with van der Waals surface area (Å²) in [6.07, 6.45) is -0.933. The summed E-state index contributed by atoms with van der Waals surface area (Å²) in [5.74, 6) is -0.840. The second-order valence-corrected chi connectivity index (χ2v) is 7.65. The van der Waals surface area contributed by atoms with Crippen molar-refractivity contribution in [3.63, 3.8) is 0 Å². The third kappa shape index (κ3) is 4.07. The zero-order valence-corrected chi connectivity index (χ0v) is 17.9. The Balaban J connectivity index is 1.79. The number of rotatable bonds is 5. The average Bonchev–Trinajstić information content (AvgIpc) is 2.79. The van der Waals surface area contributed by atoms with Crippen molar-refractivity contribution in [2.75, 3.05) is 0 Å². The highest BCUT2D eigenvalue weighted by atomic mass is 35.5. The van der Waals surface area contributed by atoms with Gasteiger partial charge in [-0.05, 0) is 25.5 Å². The maximum atomic E-state index is 13.3. The molecule has 0 fully saturated rings. The summed E-state index contributed by atoms with van der Waals surface area (Å²) in [4.78, 5) is 30.7. The van der Waals surface area contributed by atoms with E-state index in [1.54, 1.807) is 49.4 Å². The van der Waals surface area contributed by atoms with Crippen LogP contribution in [0.3, 0.4) is 0 Å². The summed E-state index contributed by atoms with van der Waals surface area (Å²) >= 11 is 6.41. The largest absolute Gasteiger partial charge is 0.451 e. The molecule has 4 nitrogen and oxygen atoms in total. The molecule has 0 bridgehead atoms. The molecule has 1 heterocycles. The van der Waals surface area contributed by atoms with Crippen molar-refractivity contribution < 1.29 is 14.3 Å². The minimum Gasteiger partial charge on any atom is -0.451 e. The maximum Gasteiger partial charge on any atom is 0.339 e. The number of halogens is 1. The van der Waals surface area contributed by atoms with E-state index in [2.05, 4.69) is 0 Å². The van der Waals surface area contributed by atoms with E-state index in [0.717, 1.165) is 5.56 Å². The minimum absolute atomic E-state index is 0.258. The molecule has 1 aromatic heterocycles. The van der Waals surface area contributed by atoms with Gasteiger partial charge in [-0.15, -0.1) is 0 Å². The van der Waals surface area contributed by atoms with Gasteiger partial charge >= 0.3 is 5.97 Å². The molecule has 3 aromatic carbocycles. The minimum atomic E-state index is -0.933. The zero-order chi connectivity index (χ0) is 22.0. The van der Waals surface area contributed by atoms with Gasteiger partial charge in [0.05, 0.1) is 21.8 Å². The first kappa shape index (κ1) is 20.8. The van der Waals surface area contributed by atoms with Crippen LogP contribution in [0.5, 0.6) is 0 Å². The smallest absolute Gasteiger partial charge is 0.339 e. The molecule has 0 radical (unpaired) electrons. The number of pyridine rings is 1. The van der Waals surface area contributed by atoms with E-state index in [4.69, 9.17) is 21.3 Å². The van der Waals surface area contributed by atoms with Gasteiger partial charge in [0, 0.05) is 16.5 Å². The van der Waals surface area contributed by atoms with Crippen LogP contribution in [-0.2, 0) is 4.74 Å². The molecule has 4 aromatic rings. The molecular weight excluding hydrogens is 410 g/mol. The lowest BCUT2D eigenvalue weighted by molar-refractivity contribution is 0.0320. The Morgan fingerprint density at radius 2 is 1.55 bits per heavy atom. The molecule has 0 N–H and O–H groups in total. The number of nitrogens with zero attached hydrogens (tertiary/aromatic N) is 1. The molecule has 5 heteroatoms. The van der Waals surface area contributed by atoms with Crippen LogP contribution in [0.4, 0.5) is 0 Å². The van der Waals surface area contributed by atoms with Crippen LogP contribution in [0.2, 0.25) is 5.02 Å². The van der Waals surface area contributed by atoms with Crippen molar-refractivity contribution in [2.24, 2.45) is 0 Å². The zero-order valence-electron chi connectivity index (χ0n) is 17.1. The van der Waals surface area contributed by atoms with Gasteiger partial charge in [0.2, 0.25) is 5.78 Å². The first-order chi connectivity index (χ1) is 15.0. The van der Waals surface area contributed by atoms with Gasteiger partial charge in [0.25, 0.3) is 0 Å². The SMILES string of the molecule is Cc1c(-c2ccccc2)nc2c(Cl)cccc2c1C(=O)O[C@H](C)C(=O)c1ccccc1. The first-order valence-electron chi connectivity index (χ1n) is 9.92.